The number of carbonyl (C=O) groups excluding carboxylic acids is 2. The Bertz CT molecular complexity index is 905. The predicted molar refractivity (Wildman–Crippen MR) is 114 cm³/mol. The lowest BCUT2D eigenvalue weighted by atomic mass is 9.98. The highest BCUT2D eigenvalue weighted by Crippen LogP contribution is 2.47. The van der Waals surface area contributed by atoms with Gasteiger partial charge in [-0.1, -0.05) is 0 Å². The fourth-order valence-corrected chi connectivity index (χ4v) is 3.29. The molecule has 0 aliphatic carbocycles. The van der Waals surface area contributed by atoms with Crippen molar-refractivity contribution in [3.05, 3.63) is 41.5 Å². The Labute approximate surface area is 182 Å². The Hall–Kier alpha value is -3.42. The van der Waals surface area contributed by atoms with E-state index in [-0.39, 0.29) is 18.6 Å². The molecule has 0 N–H and O–H groups in total. The van der Waals surface area contributed by atoms with Crippen LogP contribution >= 0.6 is 0 Å². The fraction of sp³-hybridized carbons (Fsp3) is 0.391. The number of Topliss-reactive ketones (excluding diaryl/α,β-unsaturated/α-hetero) is 1. The highest BCUT2D eigenvalue weighted by atomic mass is 16.6. The normalized spacial score (nSPS) is 11.3. The first-order valence-electron chi connectivity index (χ1n) is 9.58. The third-order valence-electron chi connectivity index (χ3n) is 4.67. The molecule has 168 valence electrons. The summed E-state index contributed by atoms with van der Waals surface area (Å²) in [6, 6.07) is 8.47. The van der Waals surface area contributed by atoms with Gasteiger partial charge < -0.3 is 28.4 Å². The van der Waals surface area contributed by atoms with E-state index in [1.54, 1.807) is 37.4 Å². The van der Waals surface area contributed by atoms with Crippen LogP contribution in [0, 0.1) is 0 Å². The van der Waals surface area contributed by atoms with Crippen molar-refractivity contribution in [2.24, 2.45) is 0 Å². The molecule has 0 aliphatic rings. The maximum absolute atomic E-state index is 12.8. The van der Waals surface area contributed by atoms with Gasteiger partial charge in [-0.25, -0.2) is 0 Å². The lowest BCUT2D eigenvalue weighted by molar-refractivity contribution is -0.146. The van der Waals surface area contributed by atoms with Crippen LogP contribution in [0.3, 0.4) is 0 Å². The quantitative estimate of drug-likeness (QED) is 0.394. The third kappa shape index (κ3) is 5.81. The summed E-state index contributed by atoms with van der Waals surface area (Å²) in [7, 11) is 7.54. The molecule has 0 saturated carbocycles. The Morgan fingerprint density at radius 1 is 0.806 bits per heavy atom. The minimum atomic E-state index is -0.719. The minimum absolute atomic E-state index is 0.00821. The van der Waals surface area contributed by atoms with Gasteiger partial charge in [0.1, 0.15) is 11.9 Å². The van der Waals surface area contributed by atoms with Crippen molar-refractivity contribution in [1.82, 2.24) is 0 Å². The smallest absolute Gasteiger partial charge is 0.302 e. The number of ketones is 1. The number of hydrogen-bond donors (Lipinski definition) is 0. The van der Waals surface area contributed by atoms with Crippen molar-refractivity contribution in [3.8, 4) is 28.7 Å². The summed E-state index contributed by atoms with van der Waals surface area (Å²) < 4.78 is 32.3. The highest BCUT2D eigenvalue weighted by Gasteiger charge is 2.26. The summed E-state index contributed by atoms with van der Waals surface area (Å²) in [5.41, 5.74) is 1.14. The molecule has 8 nitrogen and oxygen atoms in total. The van der Waals surface area contributed by atoms with E-state index in [9.17, 15) is 9.59 Å². The van der Waals surface area contributed by atoms with E-state index in [4.69, 9.17) is 28.4 Å². The van der Waals surface area contributed by atoms with Gasteiger partial charge in [0.25, 0.3) is 0 Å². The van der Waals surface area contributed by atoms with Crippen LogP contribution in [0.1, 0.15) is 29.3 Å². The molecule has 0 saturated heterocycles. The number of benzene rings is 2. The molecule has 0 aromatic heterocycles. The van der Waals surface area contributed by atoms with Crippen molar-refractivity contribution in [1.29, 1.82) is 0 Å². The van der Waals surface area contributed by atoms with E-state index in [1.165, 1.54) is 35.4 Å². The van der Waals surface area contributed by atoms with Crippen LogP contribution in [-0.4, -0.2) is 53.4 Å². The van der Waals surface area contributed by atoms with E-state index in [2.05, 4.69) is 0 Å². The van der Waals surface area contributed by atoms with Crippen molar-refractivity contribution < 1.29 is 38.0 Å². The summed E-state index contributed by atoms with van der Waals surface area (Å²) >= 11 is 0. The number of carbonyl (C=O) groups is 2. The zero-order chi connectivity index (χ0) is 23.0. The zero-order valence-electron chi connectivity index (χ0n) is 18.6. The van der Waals surface area contributed by atoms with Crippen LogP contribution in [0.2, 0.25) is 0 Å². The summed E-state index contributed by atoms with van der Waals surface area (Å²) in [6.07, 6.45) is -0.517. The summed E-state index contributed by atoms with van der Waals surface area (Å²) in [4.78, 5) is 24.5. The molecule has 2 aromatic rings. The van der Waals surface area contributed by atoms with Gasteiger partial charge in [-0.2, -0.15) is 0 Å². The van der Waals surface area contributed by atoms with Crippen LogP contribution < -0.4 is 23.7 Å². The van der Waals surface area contributed by atoms with E-state index >= 15 is 0 Å². The van der Waals surface area contributed by atoms with Crippen molar-refractivity contribution in [3.63, 3.8) is 0 Å². The Kier molecular flexibility index (Phi) is 8.54. The van der Waals surface area contributed by atoms with Crippen LogP contribution in [0.4, 0.5) is 0 Å². The van der Waals surface area contributed by atoms with Crippen LogP contribution in [-0.2, 0) is 16.0 Å². The molecular weight excluding hydrogens is 404 g/mol. The van der Waals surface area contributed by atoms with Crippen LogP contribution in [0.15, 0.2) is 30.3 Å². The van der Waals surface area contributed by atoms with Crippen molar-refractivity contribution >= 4 is 11.8 Å². The van der Waals surface area contributed by atoms with Gasteiger partial charge in [-0.15, -0.1) is 0 Å². The van der Waals surface area contributed by atoms with Crippen LogP contribution in [0.25, 0.3) is 0 Å². The second-order valence-electron chi connectivity index (χ2n) is 6.63. The molecule has 0 heterocycles. The first-order valence-corrected chi connectivity index (χ1v) is 9.58. The predicted octanol–water partition coefficient (Wildman–Crippen LogP) is 3.48. The standard InChI is InChI=1S/C23H28O8/c1-14(24)31-18(13-19(25)15-7-9-17(26-2)10-8-15)11-16-12-20(27-3)22(29-5)23(30-6)21(16)28-4/h7-10,12,18H,11,13H2,1-6H3/t18-/m1/s1. The van der Waals surface area contributed by atoms with E-state index in [0.29, 0.717) is 39.9 Å². The Morgan fingerprint density at radius 2 is 1.42 bits per heavy atom. The molecule has 0 amide bonds. The number of rotatable bonds is 11. The number of ether oxygens (including phenoxy) is 6. The van der Waals surface area contributed by atoms with Crippen molar-refractivity contribution in [2.45, 2.75) is 25.9 Å². The van der Waals surface area contributed by atoms with Gasteiger partial charge in [0.2, 0.25) is 11.5 Å². The molecule has 8 heteroatoms. The summed E-state index contributed by atoms with van der Waals surface area (Å²) in [5.74, 6) is 1.56. The highest BCUT2D eigenvalue weighted by molar-refractivity contribution is 5.96. The molecule has 2 aromatic carbocycles. The Morgan fingerprint density at radius 3 is 1.90 bits per heavy atom. The largest absolute Gasteiger partial charge is 0.497 e. The number of methoxy groups -OCH3 is 5. The number of hydrogen-bond acceptors (Lipinski definition) is 8. The maximum atomic E-state index is 12.8. The second-order valence-corrected chi connectivity index (χ2v) is 6.63. The van der Waals surface area contributed by atoms with Gasteiger partial charge in [0.15, 0.2) is 17.3 Å². The monoisotopic (exact) mass is 432 g/mol. The van der Waals surface area contributed by atoms with Gasteiger partial charge in [0, 0.05) is 30.9 Å². The molecule has 0 aliphatic heterocycles. The first kappa shape index (κ1) is 23.9. The van der Waals surface area contributed by atoms with Crippen molar-refractivity contribution in [2.75, 3.05) is 35.5 Å². The van der Waals surface area contributed by atoms with Crippen LogP contribution in [0.5, 0.6) is 28.7 Å². The maximum Gasteiger partial charge on any atom is 0.302 e. The van der Waals surface area contributed by atoms with Gasteiger partial charge in [0.05, 0.1) is 35.5 Å². The summed E-state index contributed by atoms with van der Waals surface area (Å²) in [5, 5.41) is 0. The molecule has 0 spiro atoms. The van der Waals surface area contributed by atoms with E-state index in [1.807, 2.05) is 0 Å². The van der Waals surface area contributed by atoms with E-state index < -0.39 is 12.1 Å². The molecule has 2 rings (SSSR count). The van der Waals surface area contributed by atoms with E-state index in [0.717, 1.165) is 0 Å². The molecule has 0 unspecified atom stereocenters. The average Bonchev–Trinajstić information content (AvgIpc) is 2.77. The lowest BCUT2D eigenvalue weighted by Crippen LogP contribution is -2.23. The SMILES string of the molecule is COc1ccc(C(=O)C[C@@H](Cc2cc(OC)c(OC)c(OC)c2OC)OC(C)=O)cc1. The minimum Gasteiger partial charge on any atom is -0.497 e. The van der Waals surface area contributed by atoms with Gasteiger partial charge in [-0.3, -0.25) is 9.59 Å². The molecule has 31 heavy (non-hydrogen) atoms. The Balaban J connectivity index is 2.37. The molecule has 1 atom stereocenters. The third-order valence-corrected chi connectivity index (χ3v) is 4.67. The molecule has 0 bridgehead atoms. The summed E-state index contributed by atoms with van der Waals surface area (Å²) in [6.45, 7) is 1.30. The van der Waals surface area contributed by atoms with Gasteiger partial charge in [-0.05, 0) is 30.3 Å². The average molecular weight is 432 g/mol. The molecule has 0 radical (unpaired) electrons. The fourth-order valence-electron chi connectivity index (χ4n) is 3.29. The zero-order valence-corrected chi connectivity index (χ0v) is 18.6. The molecule has 0 fully saturated rings. The topological polar surface area (TPSA) is 89.5 Å². The number of esters is 1. The second kappa shape index (κ2) is 11.1. The molecular formula is C23H28O8. The first-order chi connectivity index (χ1) is 14.9. The lowest BCUT2D eigenvalue weighted by Gasteiger charge is -2.22. The van der Waals surface area contributed by atoms with Gasteiger partial charge >= 0.3 is 5.97 Å².